The zero-order chi connectivity index (χ0) is 25.6. The van der Waals surface area contributed by atoms with Gasteiger partial charge in [0.05, 0.1) is 23.7 Å². The van der Waals surface area contributed by atoms with E-state index < -0.39 is 24.1 Å². The van der Waals surface area contributed by atoms with Crippen LogP contribution in [0, 0.1) is 0 Å². The number of alkyl halides is 3. The number of fused-ring (bicyclic) bond motifs is 2. The van der Waals surface area contributed by atoms with Crippen molar-refractivity contribution in [2.24, 2.45) is 0 Å². The number of pyridine rings is 1. The van der Waals surface area contributed by atoms with Gasteiger partial charge in [-0.05, 0) is 18.2 Å². The van der Waals surface area contributed by atoms with Crippen molar-refractivity contribution >= 4 is 16.8 Å². The number of aromatic amines is 1. The highest BCUT2D eigenvalue weighted by molar-refractivity contribution is 5.90. The van der Waals surface area contributed by atoms with Crippen molar-refractivity contribution in [2.75, 3.05) is 6.54 Å². The van der Waals surface area contributed by atoms with Crippen LogP contribution in [0.4, 0.5) is 13.2 Å². The van der Waals surface area contributed by atoms with Crippen LogP contribution in [-0.2, 0) is 6.42 Å². The molecule has 1 amide bonds. The van der Waals surface area contributed by atoms with E-state index in [9.17, 15) is 18.0 Å². The summed E-state index contributed by atoms with van der Waals surface area (Å²) in [6.45, 7) is 0.300. The molecule has 0 aliphatic carbocycles. The van der Waals surface area contributed by atoms with Crippen molar-refractivity contribution in [2.45, 2.75) is 18.8 Å². The Kier molecular flexibility index (Phi) is 5.28. The Labute approximate surface area is 205 Å². The largest absolute Gasteiger partial charge is 0.573 e. The Balaban J connectivity index is 1.31. The molecule has 4 aromatic heterocycles. The van der Waals surface area contributed by atoms with Crippen molar-refractivity contribution in [3.63, 3.8) is 0 Å². The van der Waals surface area contributed by atoms with E-state index in [0.717, 1.165) is 23.3 Å². The summed E-state index contributed by atoms with van der Waals surface area (Å²) in [5.74, 6) is -1.17. The topological polar surface area (TPSA) is 136 Å². The van der Waals surface area contributed by atoms with E-state index in [1.807, 2.05) is 24.3 Å². The summed E-state index contributed by atoms with van der Waals surface area (Å²) in [6, 6.07) is 9.04. The van der Waals surface area contributed by atoms with Crippen LogP contribution in [0.15, 0.2) is 59.5 Å². The van der Waals surface area contributed by atoms with E-state index in [4.69, 9.17) is 4.42 Å². The van der Waals surface area contributed by atoms with E-state index in [0.29, 0.717) is 30.0 Å². The predicted molar refractivity (Wildman–Crippen MR) is 119 cm³/mol. The molecule has 1 N–H and O–H groups in total. The Morgan fingerprint density at radius 2 is 1.95 bits per heavy atom. The van der Waals surface area contributed by atoms with Gasteiger partial charge in [-0.1, -0.05) is 18.2 Å². The molecule has 11 nitrogen and oxygen atoms in total. The number of H-pyrrole nitrogens is 1. The third kappa shape index (κ3) is 4.32. The molecule has 186 valence electrons. The van der Waals surface area contributed by atoms with Crippen LogP contribution in [0.1, 0.15) is 33.9 Å². The zero-order valence-corrected chi connectivity index (χ0v) is 18.7. The number of nitrogens with one attached hydrogen (secondary N) is 1. The lowest BCUT2D eigenvalue weighted by atomic mass is 10.0. The Bertz CT molecular complexity index is 1600. The van der Waals surface area contributed by atoms with Crippen molar-refractivity contribution in [3.05, 3.63) is 78.2 Å². The summed E-state index contributed by atoms with van der Waals surface area (Å²) in [5.41, 5.74) is 2.26. The van der Waals surface area contributed by atoms with Gasteiger partial charge >= 0.3 is 18.2 Å². The quantitative estimate of drug-likeness (QED) is 0.387. The highest BCUT2D eigenvalue weighted by Crippen LogP contribution is 2.33. The van der Waals surface area contributed by atoms with Crippen LogP contribution in [0.2, 0.25) is 0 Å². The summed E-state index contributed by atoms with van der Waals surface area (Å²) in [6.07, 6.45) is -0.236. The number of carbonyl (C=O) groups excluding carboxylic acids is 1. The Hall–Kier alpha value is -4.88. The first-order valence-corrected chi connectivity index (χ1v) is 11.0. The van der Waals surface area contributed by atoms with Crippen molar-refractivity contribution in [1.82, 2.24) is 40.0 Å². The van der Waals surface area contributed by atoms with Gasteiger partial charge in [-0.3, -0.25) is 4.79 Å². The summed E-state index contributed by atoms with van der Waals surface area (Å²) < 4.78 is 46.5. The smallest absolute Gasteiger partial charge is 0.411 e. The highest BCUT2D eigenvalue weighted by atomic mass is 19.4. The van der Waals surface area contributed by atoms with Gasteiger partial charge in [-0.15, -0.1) is 23.4 Å². The van der Waals surface area contributed by atoms with E-state index in [1.54, 1.807) is 12.5 Å². The minimum absolute atomic E-state index is 0.0729. The third-order valence-electron chi connectivity index (χ3n) is 5.74. The van der Waals surface area contributed by atoms with Gasteiger partial charge < -0.3 is 19.0 Å². The van der Waals surface area contributed by atoms with E-state index in [2.05, 4.69) is 39.9 Å². The molecular weight excluding hydrogens is 493 g/mol. The minimum Gasteiger partial charge on any atom is -0.411 e. The second-order valence-electron chi connectivity index (χ2n) is 8.04. The van der Waals surface area contributed by atoms with Gasteiger partial charge in [-0.2, -0.15) is 0 Å². The Morgan fingerprint density at radius 1 is 1.08 bits per heavy atom. The first-order valence-electron chi connectivity index (χ1n) is 11.0. The lowest BCUT2D eigenvalue weighted by Gasteiger charge is -2.32. The molecule has 1 aliphatic rings. The van der Waals surface area contributed by atoms with Crippen molar-refractivity contribution in [3.8, 4) is 17.3 Å². The number of halogens is 3. The number of para-hydroxylation sites is 1. The summed E-state index contributed by atoms with van der Waals surface area (Å²) in [4.78, 5) is 35.5. The van der Waals surface area contributed by atoms with E-state index in [-0.39, 0.29) is 17.5 Å². The lowest BCUT2D eigenvalue weighted by molar-refractivity contribution is -0.274. The van der Waals surface area contributed by atoms with E-state index in [1.165, 1.54) is 11.0 Å². The summed E-state index contributed by atoms with van der Waals surface area (Å²) in [7, 11) is 0. The minimum atomic E-state index is -4.85. The van der Waals surface area contributed by atoms with Crippen LogP contribution in [0.25, 0.3) is 22.5 Å². The normalized spacial score (nSPS) is 15.5. The molecule has 0 spiro atoms. The molecule has 14 heteroatoms. The summed E-state index contributed by atoms with van der Waals surface area (Å²) in [5, 5.41) is 8.53. The second kappa shape index (κ2) is 8.65. The third-order valence-corrected chi connectivity index (χ3v) is 5.74. The molecule has 0 saturated heterocycles. The number of nitrogens with zero attached hydrogens (tertiary/aromatic N) is 7. The van der Waals surface area contributed by atoms with Gasteiger partial charge in [0.2, 0.25) is 0 Å². The average Bonchev–Trinajstić information content (AvgIpc) is 3.57. The number of hydrogen-bond donors (Lipinski definition) is 1. The van der Waals surface area contributed by atoms with Gasteiger partial charge in [0, 0.05) is 30.2 Å². The number of rotatable bonds is 4. The first-order chi connectivity index (χ1) is 17.9. The van der Waals surface area contributed by atoms with Gasteiger partial charge in [0.15, 0.2) is 5.82 Å². The van der Waals surface area contributed by atoms with E-state index >= 15 is 0 Å². The molecule has 1 aliphatic heterocycles. The van der Waals surface area contributed by atoms with Crippen LogP contribution in [0.5, 0.6) is 5.75 Å². The Morgan fingerprint density at radius 3 is 2.76 bits per heavy atom. The number of imidazole rings is 1. The van der Waals surface area contributed by atoms with Gasteiger partial charge in [0.25, 0.3) is 5.89 Å². The van der Waals surface area contributed by atoms with Crippen molar-refractivity contribution in [1.29, 1.82) is 0 Å². The molecule has 1 aromatic carbocycles. The van der Waals surface area contributed by atoms with Crippen LogP contribution >= 0.6 is 0 Å². The molecule has 0 fully saturated rings. The number of ether oxygens (including phenoxy) is 1. The maximum absolute atomic E-state index is 13.5. The predicted octanol–water partition coefficient (Wildman–Crippen LogP) is 3.48. The molecular formula is C23H15F3N8O3. The number of hydrogen-bond acceptors (Lipinski definition) is 9. The van der Waals surface area contributed by atoms with Crippen LogP contribution in [-0.4, -0.2) is 58.8 Å². The highest BCUT2D eigenvalue weighted by Gasteiger charge is 2.38. The standard InChI is InChI=1S/C23H15F3N8O3/c24-23(25,26)37-13-5-6-16(27-10-13)20-32-33-21(36-20)22(35)34-8-7-15-17(30-11-29-15)18(34)19-28-9-12-3-1-2-4-14(12)31-19/h1-6,9-11,18H,7-8H2,(H,29,30)/t18-/m0/s1. The molecule has 0 bridgehead atoms. The summed E-state index contributed by atoms with van der Waals surface area (Å²) >= 11 is 0. The monoisotopic (exact) mass is 508 g/mol. The van der Waals surface area contributed by atoms with Crippen molar-refractivity contribution < 1.29 is 27.1 Å². The fourth-order valence-corrected chi connectivity index (χ4v) is 4.11. The molecule has 5 aromatic rings. The number of carbonyl (C=O) groups is 1. The molecule has 1 atom stereocenters. The molecule has 0 unspecified atom stereocenters. The first kappa shape index (κ1) is 22.6. The second-order valence-corrected chi connectivity index (χ2v) is 8.04. The lowest BCUT2D eigenvalue weighted by Crippen LogP contribution is -2.41. The van der Waals surface area contributed by atoms with Crippen LogP contribution in [0.3, 0.4) is 0 Å². The van der Waals surface area contributed by atoms with Crippen LogP contribution < -0.4 is 4.74 Å². The molecule has 5 heterocycles. The maximum Gasteiger partial charge on any atom is 0.573 e. The molecule has 0 saturated carbocycles. The molecule has 37 heavy (non-hydrogen) atoms. The molecule has 0 radical (unpaired) electrons. The zero-order valence-electron chi connectivity index (χ0n) is 18.7. The average molecular weight is 508 g/mol. The van der Waals surface area contributed by atoms with Gasteiger partial charge in [-0.25, -0.2) is 19.9 Å². The fraction of sp³-hybridized carbons (Fsp3) is 0.174. The maximum atomic E-state index is 13.5. The van der Waals surface area contributed by atoms with Gasteiger partial charge in [0.1, 0.15) is 17.5 Å². The molecule has 6 rings (SSSR count). The number of benzene rings is 1. The number of amides is 1. The number of aromatic nitrogens is 7. The fourth-order valence-electron chi connectivity index (χ4n) is 4.11. The SMILES string of the molecule is O=C(c1nnc(-c2ccc(OC(F)(F)F)cn2)o1)N1CCc2[nH]cnc2[C@H]1c1ncc2ccccc2n1.